The van der Waals surface area contributed by atoms with Gasteiger partial charge in [0.25, 0.3) is 0 Å². The van der Waals surface area contributed by atoms with Crippen LogP contribution < -0.4 is 0 Å². The number of thiol groups is 1. The van der Waals surface area contributed by atoms with Crippen LogP contribution in [-0.2, 0) is 4.74 Å². The van der Waals surface area contributed by atoms with Crippen molar-refractivity contribution in [3.05, 3.63) is 0 Å². The second kappa shape index (κ2) is 8.43. The van der Waals surface area contributed by atoms with Crippen molar-refractivity contribution in [2.45, 2.75) is 45.1 Å². The second-order valence-corrected chi connectivity index (χ2v) is 4.76. The molecule has 0 spiro atoms. The van der Waals surface area contributed by atoms with Crippen LogP contribution in [0.1, 0.15) is 39.0 Å². The van der Waals surface area contributed by atoms with E-state index < -0.39 is 0 Å². The molecule has 2 nitrogen and oxygen atoms in total. The van der Waals surface area contributed by atoms with E-state index >= 15 is 0 Å². The van der Waals surface area contributed by atoms with Crippen LogP contribution in [0, 0.1) is 0 Å². The van der Waals surface area contributed by atoms with E-state index in [1.165, 1.54) is 38.6 Å². The van der Waals surface area contributed by atoms with Gasteiger partial charge in [-0.25, -0.2) is 0 Å². The third kappa shape index (κ3) is 5.79. The molecule has 0 aromatic carbocycles. The minimum atomic E-state index is 0.509. The van der Waals surface area contributed by atoms with Gasteiger partial charge in [-0.2, -0.15) is 12.6 Å². The number of hydrogen-bond acceptors (Lipinski definition) is 3. The van der Waals surface area contributed by atoms with Gasteiger partial charge < -0.3 is 9.64 Å². The normalized spacial score (nSPS) is 21.4. The molecular weight excluding hydrogens is 206 g/mol. The molecule has 1 aliphatic rings. The average molecular weight is 231 g/mol. The SMILES string of the molecule is CCN(CCCCCS)CC1CCCO1. The summed E-state index contributed by atoms with van der Waals surface area (Å²) in [6.45, 7) is 6.73. The van der Waals surface area contributed by atoms with Crippen molar-refractivity contribution in [2.24, 2.45) is 0 Å². The summed E-state index contributed by atoms with van der Waals surface area (Å²) in [6, 6.07) is 0. The minimum Gasteiger partial charge on any atom is -0.377 e. The molecule has 1 rings (SSSR count). The number of ether oxygens (including phenoxy) is 1. The average Bonchev–Trinajstić information content (AvgIpc) is 2.75. The lowest BCUT2D eigenvalue weighted by Crippen LogP contribution is -2.32. The lowest BCUT2D eigenvalue weighted by Gasteiger charge is -2.23. The van der Waals surface area contributed by atoms with Gasteiger partial charge in [0, 0.05) is 13.2 Å². The topological polar surface area (TPSA) is 12.5 Å². The van der Waals surface area contributed by atoms with E-state index in [9.17, 15) is 0 Å². The van der Waals surface area contributed by atoms with E-state index in [-0.39, 0.29) is 0 Å². The largest absolute Gasteiger partial charge is 0.377 e. The number of hydrogen-bond donors (Lipinski definition) is 1. The molecule has 1 aliphatic heterocycles. The summed E-state index contributed by atoms with van der Waals surface area (Å²) in [7, 11) is 0. The number of likely N-dealkylation sites (N-methyl/N-ethyl adjacent to an activating group) is 1. The summed E-state index contributed by atoms with van der Waals surface area (Å²) in [5.74, 6) is 1.03. The van der Waals surface area contributed by atoms with Gasteiger partial charge in [0.2, 0.25) is 0 Å². The number of unbranched alkanes of at least 4 members (excludes halogenated alkanes) is 2. The van der Waals surface area contributed by atoms with Gasteiger partial charge in [0.15, 0.2) is 0 Å². The Hall–Kier alpha value is 0.270. The Bertz CT molecular complexity index is 149. The molecule has 0 N–H and O–H groups in total. The summed E-state index contributed by atoms with van der Waals surface area (Å²) in [5, 5.41) is 0. The molecule has 0 amide bonds. The Morgan fingerprint density at radius 2 is 2.20 bits per heavy atom. The lowest BCUT2D eigenvalue weighted by atomic mass is 10.2. The Kier molecular flexibility index (Phi) is 7.49. The molecule has 0 bridgehead atoms. The van der Waals surface area contributed by atoms with Gasteiger partial charge in [-0.15, -0.1) is 0 Å². The summed E-state index contributed by atoms with van der Waals surface area (Å²) in [6.07, 6.45) is 6.89. The quantitative estimate of drug-likeness (QED) is 0.509. The number of rotatable bonds is 8. The molecule has 15 heavy (non-hydrogen) atoms. The predicted octanol–water partition coefficient (Wildman–Crippen LogP) is 2.59. The fourth-order valence-electron chi connectivity index (χ4n) is 2.08. The third-order valence-electron chi connectivity index (χ3n) is 3.07. The summed E-state index contributed by atoms with van der Waals surface area (Å²) in [4.78, 5) is 2.52. The van der Waals surface area contributed by atoms with Gasteiger partial charge in [0.05, 0.1) is 6.10 Å². The van der Waals surface area contributed by atoms with Gasteiger partial charge in [-0.05, 0) is 44.5 Å². The Morgan fingerprint density at radius 3 is 2.80 bits per heavy atom. The van der Waals surface area contributed by atoms with E-state index in [1.807, 2.05) is 0 Å². The van der Waals surface area contributed by atoms with E-state index in [1.54, 1.807) is 0 Å². The van der Waals surface area contributed by atoms with Crippen molar-refractivity contribution in [1.82, 2.24) is 4.90 Å². The second-order valence-electron chi connectivity index (χ2n) is 4.31. The van der Waals surface area contributed by atoms with Crippen molar-refractivity contribution in [3.63, 3.8) is 0 Å². The number of nitrogens with zero attached hydrogens (tertiary/aromatic N) is 1. The fourth-order valence-corrected chi connectivity index (χ4v) is 2.30. The Labute approximate surface area is 99.8 Å². The molecule has 0 aliphatic carbocycles. The maximum Gasteiger partial charge on any atom is 0.0702 e. The molecule has 1 unspecified atom stereocenters. The summed E-state index contributed by atoms with van der Waals surface area (Å²) < 4.78 is 5.66. The highest BCUT2D eigenvalue weighted by molar-refractivity contribution is 7.80. The monoisotopic (exact) mass is 231 g/mol. The molecule has 1 atom stereocenters. The van der Waals surface area contributed by atoms with Crippen LogP contribution in [0.25, 0.3) is 0 Å². The van der Waals surface area contributed by atoms with E-state index in [2.05, 4.69) is 24.5 Å². The van der Waals surface area contributed by atoms with Crippen LogP contribution in [0.3, 0.4) is 0 Å². The molecule has 1 heterocycles. The van der Waals surface area contributed by atoms with Crippen LogP contribution >= 0.6 is 12.6 Å². The van der Waals surface area contributed by atoms with Crippen LogP contribution in [0.15, 0.2) is 0 Å². The van der Waals surface area contributed by atoms with Crippen molar-refractivity contribution in [1.29, 1.82) is 0 Å². The molecule has 0 aromatic heterocycles. The third-order valence-corrected chi connectivity index (χ3v) is 3.38. The highest BCUT2D eigenvalue weighted by Gasteiger charge is 2.17. The first kappa shape index (κ1) is 13.3. The van der Waals surface area contributed by atoms with Crippen molar-refractivity contribution in [2.75, 3.05) is 32.0 Å². The van der Waals surface area contributed by atoms with E-state index in [0.717, 1.165) is 25.4 Å². The molecule has 0 aromatic rings. The Balaban J connectivity index is 2.06. The Morgan fingerprint density at radius 1 is 1.33 bits per heavy atom. The molecule has 0 saturated carbocycles. The standard InChI is InChI=1S/C12H25NOS/c1-2-13(8-4-3-5-10-15)11-12-7-6-9-14-12/h12,15H,2-11H2,1H3. The molecule has 3 heteroatoms. The zero-order valence-electron chi connectivity index (χ0n) is 9.95. The first-order chi connectivity index (χ1) is 7.36. The molecule has 0 radical (unpaired) electrons. The maximum atomic E-state index is 5.66. The van der Waals surface area contributed by atoms with Crippen molar-refractivity contribution >= 4 is 12.6 Å². The maximum absolute atomic E-state index is 5.66. The van der Waals surface area contributed by atoms with Gasteiger partial charge in [0.1, 0.15) is 0 Å². The van der Waals surface area contributed by atoms with Crippen LogP contribution in [0.4, 0.5) is 0 Å². The van der Waals surface area contributed by atoms with Gasteiger partial charge in [-0.3, -0.25) is 0 Å². The molecule has 1 fully saturated rings. The smallest absolute Gasteiger partial charge is 0.0702 e. The van der Waals surface area contributed by atoms with Crippen molar-refractivity contribution < 1.29 is 4.74 Å². The van der Waals surface area contributed by atoms with E-state index in [4.69, 9.17) is 4.74 Å². The highest BCUT2D eigenvalue weighted by Crippen LogP contribution is 2.13. The molecule has 90 valence electrons. The molecular formula is C12H25NOS. The van der Waals surface area contributed by atoms with Crippen LogP contribution in [-0.4, -0.2) is 43.0 Å². The predicted molar refractivity (Wildman–Crippen MR) is 68.8 cm³/mol. The minimum absolute atomic E-state index is 0.509. The fraction of sp³-hybridized carbons (Fsp3) is 1.00. The highest BCUT2D eigenvalue weighted by atomic mass is 32.1. The first-order valence-electron chi connectivity index (χ1n) is 6.31. The van der Waals surface area contributed by atoms with Crippen LogP contribution in [0.5, 0.6) is 0 Å². The molecule has 1 saturated heterocycles. The summed E-state index contributed by atoms with van der Waals surface area (Å²) >= 11 is 4.23. The van der Waals surface area contributed by atoms with Crippen LogP contribution in [0.2, 0.25) is 0 Å². The van der Waals surface area contributed by atoms with E-state index in [0.29, 0.717) is 6.10 Å². The summed E-state index contributed by atoms with van der Waals surface area (Å²) in [5.41, 5.74) is 0. The zero-order valence-corrected chi connectivity index (χ0v) is 10.8. The zero-order chi connectivity index (χ0) is 10.9. The van der Waals surface area contributed by atoms with Crippen molar-refractivity contribution in [3.8, 4) is 0 Å². The first-order valence-corrected chi connectivity index (χ1v) is 6.95. The van der Waals surface area contributed by atoms with Gasteiger partial charge >= 0.3 is 0 Å². The lowest BCUT2D eigenvalue weighted by molar-refractivity contribution is 0.0743. The van der Waals surface area contributed by atoms with Gasteiger partial charge in [-0.1, -0.05) is 13.3 Å².